The predicted molar refractivity (Wildman–Crippen MR) is 211 cm³/mol. The number of H-pyrrole nitrogens is 1. The van der Waals surface area contributed by atoms with Gasteiger partial charge < -0.3 is 48.9 Å². The number of carbonyl (C=O) groups is 3. The molecule has 4 heterocycles. The van der Waals surface area contributed by atoms with E-state index in [9.17, 15) is 29.7 Å². The predicted octanol–water partition coefficient (Wildman–Crippen LogP) is 4.92. The van der Waals surface area contributed by atoms with Crippen LogP contribution in [0.4, 0.5) is 0 Å². The molecule has 1 saturated carbocycles. The number of hydrogen-bond donors (Lipinski definition) is 4. The van der Waals surface area contributed by atoms with E-state index >= 15 is 0 Å². The lowest BCUT2D eigenvalue weighted by atomic mass is 9.75. The van der Waals surface area contributed by atoms with E-state index in [1.54, 1.807) is 21.0 Å². The number of rotatable bonds is 15. The van der Waals surface area contributed by atoms with E-state index in [2.05, 4.69) is 9.88 Å². The number of piperidine rings is 1. The van der Waals surface area contributed by atoms with Crippen molar-refractivity contribution in [3.63, 3.8) is 0 Å². The second kappa shape index (κ2) is 17.5. The molecule has 13 heteroatoms. The minimum atomic E-state index is -1.27. The monoisotopic (exact) mass is 786 g/mol. The summed E-state index contributed by atoms with van der Waals surface area (Å²) in [4.78, 5) is 46.1. The van der Waals surface area contributed by atoms with Crippen LogP contribution in [0.3, 0.4) is 0 Å². The first kappa shape index (κ1) is 40.7. The number of nitrogens with one attached hydrogen (secondary N) is 1. The average molecular weight is 787 g/mol. The van der Waals surface area contributed by atoms with Gasteiger partial charge in [-0.05, 0) is 94.1 Å². The van der Waals surface area contributed by atoms with Crippen molar-refractivity contribution in [2.75, 3.05) is 53.2 Å². The molecule has 7 rings (SSSR count). The molecule has 1 aromatic heterocycles. The lowest BCUT2D eigenvalue weighted by Crippen LogP contribution is -2.52. The van der Waals surface area contributed by atoms with Crippen LogP contribution in [-0.2, 0) is 36.9 Å². The molecule has 4 N–H and O–H groups in total. The third-order valence-electron chi connectivity index (χ3n) is 12.2. The van der Waals surface area contributed by atoms with Gasteiger partial charge >= 0.3 is 5.97 Å². The lowest BCUT2D eigenvalue weighted by molar-refractivity contribution is -0.141. The molecule has 13 nitrogen and oxygen atoms in total. The van der Waals surface area contributed by atoms with E-state index in [4.69, 9.17) is 23.7 Å². The van der Waals surface area contributed by atoms with E-state index in [1.165, 1.54) is 0 Å². The number of aldehydes is 1. The summed E-state index contributed by atoms with van der Waals surface area (Å²) in [6, 6.07) is 7.82. The summed E-state index contributed by atoms with van der Waals surface area (Å²) >= 11 is 0. The molecule has 3 atom stereocenters. The normalized spacial score (nSPS) is 22.5. The fourth-order valence-corrected chi connectivity index (χ4v) is 9.10. The van der Waals surface area contributed by atoms with Gasteiger partial charge in [0, 0.05) is 74.9 Å². The number of ketones is 1. The second-order valence-electron chi connectivity index (χ2n) is 15.6. The topological polar surface area (TPSA) is 177 Å². The maximum absolute atomic E-state index is 13.6. The number of aromatic amines is 1. The van der Waals surface area contributed by atoms with Gasteiger partial charge in [0.2, 0.25) is 5.76 Å². The highest BCUT2D eigenvalue weighted by molar-refractivity contribution is 6.11. The van der Waals surface area contributed by atoms with Crippen LogP contribution >= 0.6 is 0 Å². The Balaban J connectivity index is 1.34. The molecule has 0 radical (unpaired) electrons. The fourth-order valence-electron chi connectivity index (χ4n) is 9.10. The van der Waals surface area contributed by atoms with Crippen molar-refractivity contribution in [1.82, 2.24) is 9.88 Å². The molecule has 306 valence electrons. The third-order valence-corrected chi connectivity index (χ3v) is 12.2. The second-order valence-corrected chi connectivity index (χ2v) is 15.6. The molecule has 3 unspecified atom stereocenters. The van der Waals surface area contributed by atoms with Gasteiger partial charge in [-0.25, -0.2) is 4.79 Å². The standard InChI is InChI=1S/C44H54N2O11/c1-4-54-43(51)42-32(24-48)37(28-8-10-35(50)30(22-28)26-7-9-34-27(21-26)11-14-45-34)38-40(55-20-6-18-47)31-23-36(56-39(31)33(25-49)41(38)57-42)44(2,52)29-12-16-46(17-13-29)15-5-19-53-3/h7,9,11,14,21,24,29-30,36,45,47,49,52H,4-6,8,10,12-13,15-20,22-23,25H2,1-3H3. The van der Waals surface area contributed by atoms with E-state index in [-0.39, 0.29) is 79.2 Å². The molecule has 2 aromatic carbocycles. The Morgan fingerprint density at radius 2 is 1.89 bits per heavy atom. The number of ether oxygens (including phenoxy) is 5. The van der Waals surface area contributed by atoms with Crippen LogP contribution < -0.4 is 14.2 Å². The SMILES string of the molecule is CCOC(=O)C1=C(C=O)C(=C2CCC(=O)C(c3ccc4[nH]ccc4c3)C2)c2c(OCCCO)c3c(c(CO)c2O1)OC(C(C)(O)C1CCN(CCCOC)CC1)C3. The summed E-state index contributed by atoms with van der Waals surface area (Å²) in [6.07, 6.45) is 5.47. The largest absolute Gasteiger partial charge is 0.492 e. The number of methoxy groups -OCH3 is 1. The van der Waals surface area contributed by atoms with Crippen LogP contribution in [-0.4, -0.2) is 108 Å². The van der Waals surface area contributed by atoms with E-state index in [1.807, 2.05) is 30.5 Å². The molecule has 57 heavy (non-hydrogen) atoms. The maximum atomic E-state index is 13.6. The first-order valence-electron chi connectivity index (χ1n) is 20.2. The van der Waals surface area contributed by atoms with E-state index < -0.39 is 30.2 Å². The van der Waals surface area contributed by atoms with Gasteiger partial charge in [-0.3, -0.25) is 9.59 Å². The summed E-state index contributed by atoms with van der Waals surface area (Å²) in [5.74, 6) is -1.03. The van der Waals surface area contributed by atoms with Crippen molar-refractivity contribution in [3.8, 4) is 17.2 Å². The zero-order valence-corrected chi connectivity index (χ0v) is 33.1. The van der Waals surface area contributed by atoms with Gasteiger partial charge in [-0.2, -0.15) is 0 Å². The highest BCUT2D eigenvalue weighted by Crippen LogP contribution is 2.57. The zero-order chi connectivity index (χ0) is 40.3. The van der Waals surface area contributed by atoms with Gasteiger partial charge in [0.15, 0.2) is 6.29 Å². The molecule has 3 aromatic rings. The maximum Gasteiger partial charge on any atom is 0.375 e. The molecule has 1 saturated heterocycles. The van der Waals surface area contributed by atoms with E-state index in [0.29, 0.717) is 48.2 Å². The number of benzene rings is 2. The van der Waals surface area contributed by atoms with Gasteiger partial charge in [0.1, 0.15) is 34.7 Å². The van der Waals surface area contributed by atoms with Gasteiger partial charge in [0.05, 0.1) is 36.5 Å². The summed E-state index contributed by atoms with van der Waals surface area (Å²) in [5.41, 5.74) is 2.81. The number of esters is 1. The number of nitrogens with zero attached hydrogens (tertiary/aromatic N) is 1. The quantitative estimate of drug-likeness (QED) is 0.0931. The van der Waals surface area contributed by atoms with Crippen LogP contribution in [0.2, 0.25) is 0 Å². The van der Waals surface area contributed by atoms with Gasteiger partial charge in [-0.1, -0.05) is 11.6 Å². The molecular formula is C44H54N2O11. The first-order chi connectivity index (χ1) is 27.6. The summed E-state index contributed by atoms with van der Waals surface area (Å²) < 4.78 is 30.1. The number of aliphatic hydroxyl groups excluding tert-OH is 2. The fraction of sp³-hybridized carbons (Fsp3) is 0.523. The number of aromatic nitrogens is 1. The van der Waals surface area contributed by atoms with Gasteiger partial charge in [-0.15, -0.1) is 0 Å². The van der Waals surface area contributed by atoms with E-state index in [0.717, 1.165) is 60.9 Å². The number of allylic oxidation sites excluding steroid dienone is 3. The van der Waals surface area contributed by atoms with Crippen LogP contribution in [0.5, 0.6) is 17.2 Å². The van der Waals surface area contributed by atoms with Crippen molar-refractivity contribution in [1.29, 1.82) is 0 Å². The Labute approximate surface area is 332 Å². The summed E-state index contributed by atoms with van der Waals surface area (Å²) in [6.45, 7) is 6.17. The summed E-state index contributed by atoms with van der Waals surface area (Å²) in [5, 5.41) is 34.1. The molecule has 3 aliphatic heterocycles. The third kappa shape index (κ3) is 7.88. The Hall–Kier alpha value is -4.53. The molecular weight excluding hydrogens is 732 g/mol. The minimum absolute atomic E-state index is 0.0212. The first-order valence-corrected chi connectivity index (χ1v) is 20.2. The Bertz CT molecular complexity index is 2060. The van der Waals surface area contributed by atoms with Gasteiger partial charge in [0.25, 0.3) is 0 Å². The van der Waals surface area contributed by atoms with Crippen molar-refractivity contribution < 1.29 is 53.4 Å². The van der Waals surface area contributed by atoms with Crippen LogP contribution in [0.1, 0.15) is 87.0 Å². The Kier molecular flexibility index (Phi) is 12.5. The Morgan fingerprint density at radius 1 is 1.09 bits per heavy atom. The van der Waals surface area contributed by atoms with Crippen molar-refractivity contribution in [2.24, 2.45) is 5.92 Å². The molecule has 1 aliphatic carbocycles. The number of hydrogen-bond acceptors (Lipinski definition) is 12. The molecule has 0 amide bonds. The number of fused-ring (bicyclic) bond motifs is 3. The highest BCUT2D eigenvalue weighted by atomic mass is 16.6. The minimum Gasteiger partial charge on any atom is -0.492 e. The van der Waals surface area contributed by atoms with Crippen LogP contribution in [0.15, 0.2) is 47.4 Å². The number of Topliss-reactive ketones (excluding diaryl/α,β-unsaturated/α-hetero) is 1. The smallest absolute Gasteiger partial charge is 0.375 e. The number of aliphatic hydroxyl groups is 3. The van der Waals surface area contributed by atoms with Crippen LogP contribution in [0.25, 0.3) is 16.5 Å². The van der Waals surface area contributed by atoms with Crippen molar-refractivity contribution >= 4 is 34.5 Å². The zero-order valence-electron chi connectivity index (χ0n) is 33.1. The lowest BCUT2D eigenvalue weighted by Gasteiger charge is -2.42. The van der Waals surface area contributed by atoms with Crippen LogP contribution in [0, 0.1) is 5.92 Å². The average Bonchev–Trinajstić information content (AvgIpc) is 3.89. The van der Waals surface area contributed by atoms with Crippen molar-refractivity contribution in [2.45, 2.75) is 89.4 Å². The Morgan fingerprint density at radius 3 is 2.61 bits per heavy atom. The highest BCUT2D eigenvalue weighted by Gasteiger charge is 2.49. The number of likely N-dealkylation sites (tertiary alicyclic amines) is 1. The molecule has 0 bridgehead atoms. The molecule has 2 fully saturated rings. The summed E-state index contributed by atoms with van der Waals surface area (Å²) in [7, 11) is 1.70. The van der Waals surface area contributed by atoms with Crippen molar-refractivity contribution in [3.05, 3.63) is 69.6 Å². The number of carbonyl (C=O) groups excluding carboxylic acids is 3. The molecule has 0 spiro atoms. The molecule has 4 aliphatic rings.